The summed E-state index contributed by atoms with van der Waals surface area (Å²) in [7, 11) is 0. The monoisotopic (exact) mass is 332 g/mol. The van der Waals surface area contributed by atoms with Gasteiger partial charge in [0.25, 0.3) is 0 Å². The number of hydrogen-bond acceptors (Lipinski definition) is 8. The Bertz CT molecular complexity index is 724. The van der Waals surface area contributed by atoms with Crippen molar-refractivity contribution in [2.75, 3.05) is 25.1 Å². The topological polar surface area (TPSA) is 110 Å². The summed E-state index contributed by atoms with van der Waals surface area (Å²) in [4.78, 5) is 20.8. The number of nitro groups is 1. The molecular formula is C15H20N6O3. The maximum Gasteiger partial charge on any atom is 0.433 e. The molecule has 128 valence electrons. The van der Waals surface area contributed by atoms with Gasteiger partial charge in [-0.2, -0.15) is 5.10 Å². The molecule has 24 heavy (non-hydrogen) atoms. The lowest BCUT2D eigenvalue weighted by atomic mass is 10.3. The van der Waals surface area contributed by atoms with E-state index in [2.05, 4.69) is 39.2 Å². The third kappa shape index (κ3) is 4.59. The minimum atomic E-state index is -0.589. The zero-order chi connectivity index (χ0) is 17.5. The third-order valence-corrected chi connectivity index (χ3v) is 3.37. The summed E-state index contributed by atoms with van der Waals surface area (Å²) in [5.74, 6) is 0.982. The number of aryl methyl sites for hydroxylation is 1. The summed E-state index contributed by atoms with van der Waals surface area (Å²) in [6, 6.07) is 4.43. The Balaban J connectivity index is 2.10. The highest BCUT2D eigenvalue weighted by Gasteiger charge is 2.15. The van der Waals surface area contributed by atoms with Gasteiger partial charge >= 0.3 is 5.88 Å². The van der Waals surface area contributed by atoms with Gasteiger partial charge in [0, 0.05) is 18.8 Å². The largest absolute Gasteiger partial charge is 0.433 e. The van der Waals surface area contributed by atoms with Crippen molar-refractivity contribution in [3.8, 4) is 11.5 Å². The summed E-state index contributed by atoms with van der Waals surface area (Å²) >= 11 is 0. The molecule has 0 aliphatic carbocycles. The Morgan fingerprint density at radius 2 is 2.12 bits per heavy atom. The molecule has 0 bridgehead atoms. The fourth-order valence-electron chi connectivity index (χ4n) is 2.06. The van der Waals surface area contributed by atoms with Gasteiger partial charge < -0.3 is 4.42 Å². The van der Waals surface area contributed by atoms with Crippen LogP contribution in [0.5, 0.6) is 0 Å². The van der Waals surface area contributed by atoms with Crippen LogP contribution in [0.15, 0.2) is 27.7 Å². The lowest BCUT2D eigenvalue weighted by Gasteiger charge is -2.14. The van der Waals surface area contributed by atoms with E-state index in [0.717, 1.165) is 19.6 Å². The van der Waals surface area contributed by atoms with Crippen molar-refractivity contribution in [3.63, 3.8) is 0 Å². The summed E-state index contributed by atoms with van der Waals surface area (Å²) < 4.78 is 5.17. The molecule has 0 aromatic carbocycles. The maximum absolute atomic E-state index is 10.7. The lowest BCUT2D eigenvalue weighted by Crippen LogP contribution is -2.24. The van der Waals surface area contributed by atoms with E-state index in [1.54, 1.807) is 19.2 Å². The highest BCUT2D eigenvalue weighted by atomic mass is 16.6. The smallest absolute Gasteiger partial charge is 0.399 e. The van der Waals surface area contributed by atoms with Crippen LogP contribution in [0.25, 0.3) is 11.5 Å². The summed E-state index contributed by atoms with van der Waals surface area (Å²) in [5, 5.41) is 14.8. The van der Waals surface area contributed by atoms with Gasteiger partial charge in [0.05, 0.1) is 6.07 Å². The SMILES string of the molecule is CCN(CC)CC=NNc1cc(-c2ccc([N+](=O)[O-])o2)nc(C)n1. The van der Waals surface area contributed by atoms with E-state index < -0.39 is 4.92 Å². The first-order valence-electron chi connectivity index (χ1n) is 7.63. The normalized spacial score (nSPS) is 11.3. The van der Waals surface area contributed by atoms with Crippen molar-refractivity contribution in [3.05, 3.63) is 34.1 Å². The number of nitrogens with one attached hydrogen (secondary N) is 1. The van der Waals surface area contributed by atoms with Crippen molar-refractivity contribution < 1.29 is 9.34 Å². The highest BCUT2D eigenvalue weighted by molar-refractivity contribution is 5.62. The van der Waals surface area contributed by atoms with Gasteiger partial charge in [0.15, 0.2) is 11.6 Å². The lowest BCUT2D eigenvalue weighted by molar-refractivity contribution is -0.401. The quantitative estimate of drug-likeness (QED) is 0.449. The maximum atomic E-state index is 10.7. The Kier molecular flexibility index (Phi) is 5.96. The molecular weight excluding hydrogens is 312 g/mol. The van der Waals surface area contributed by atoms with Crippen molar-refractivity contribution in [2.45, 2.75) is 20.8 Å². The van der Waals surface area contributed by atoms with E-state index in [1.165, 1.54) is 12.1 Å². The van der Waals surface area contributed by atoms with Crippen molar-refractivity contribution in [1.82, 2.24) is 14.9 Å². The van der Waals surface area contributed by atoms with Crippen LogP contribution < -0.4 is 5.43 Å². The molecule has 9 heteroatoms. The average molecular weight is 332 g/mol. The van der Waals surface area contributed by atoms with Crippen LogP contribution in [-0.2, 0) is 0 Å². The predicted octanol–water partition coefficient (Wildman–Crippen LogP) is 2.69. The molecule has 0 spiro atoms. The van der Waals surface area contributed by atoms with Crippen LogP contribution in [-0.4, -0.2) is 45.6 Å². The van der Waals surface area contributed by atoms with Crippen molar-refractivity contribution in [2.24, 2.45) is 5.10 Å². The number of aromatic nitrogens is 2. The second-order valence-corrected chi connectivity index (χ2v) is 4.99. The van der Waals surface area contributed by atoms with E-state index in [-0.39, 0.29) is 5.88 Å². The molecule has 2 rings (SSSR count). The van der Waals surface area contributed by atoms with Crippen LogP contribution >= 0.6 is 0 Å². The van der Waals surface area contributed by atoms with E-state index in [4.69, 9.17) is 4.42 Å². The second kappa shape index (κ2) is 8.16. The molecule has 0 aliphatic rings. The minimum Gasteiger partial charge on any atom is -0.399 e. The molecule has 1 N–H and O–H groups in total. The Hall–Kier alpha value is -2.81. The fourth-order valence-corrected chi connectivity index (χ4v) is 2.06. The first kappa shape index (κ1) is 17.5. The van der Waals surface area contributed by atoms with Crippen molar-refractivity contribution >= 4 is 17.9 Å². The van der Waals surface area contributed by atoms with E-state index in [0.29, 0.717) is 23.1 Å². The number of rotatable bonds is 8. The number of hydrazone groups is 1. The van der Waals surface area contributed by atoms with E-state index in [9.17, 15) is 10.1 Å². The van der Waals surface area contributed by atoms with Gasteiger partial charge in [-0.25, -0.2) is 9.97 Å². The number of anilines is 1. The number of furan rings is 1. The molecule has 9 nitrogen and oxygen atoms in total. The zero-order valence-electron chi connectivity index (χ0n) is 13.9. The number of nitrogens with zero attached hydrogens (tertiary/aromatic N) is 5. The molecule has 2 heterocycles. The molecule has 0 aliphatic heterocycles. The molecule has 0 unspecified atom stereocenters. The molecule has 0 radical (unpaired) electrons. The fraction of sp³-hybridized carbons (Fsp3) is 0.400. The van der Waals surface area contributed by atoms with Crippen LogP contribution in [0.1, 0.15) is 19.7 Å². The summed E-state index contributed by atoms with van der Waals surface area (Å²) in [6.07, 6.45) is 1.77. The van der Waals surface area contributed by atoms with Gasteiger partial charge in [0.2, 0.25) is 0 Å². The summed E-state index contributed by atoms with van der Waals surface area (Å²) in [5.41, 5.74) is 3.30. The van der Waals surface area contributed by atoms with Crippen LogP contribution in [0, 0.1) is 17.0 Å². The minimum absolute atomic E-state index is 0.308. The molecule has 0 atom stereocenters. The zero-order valence-corrected chi connectivity index (χ0v) is 13.9. The molecule has 2 aromatic rings. The Morgan fingerprint density at radius 1 is 1.38 bits per heavy atom. The van der Waals surface area contributed by atoms with Gasteiger partial charge in [-0.15, -0.1) is 0 Å². The first-order chi connectivity index (χ1) is 11.5. The third-order valence-electron chi connectivity index (χ3n) is 3.37. The molecule has 0 amide bonds. The Labute approximate surface area is 139 Å². The van der Waals surface area contributed by atoms with Crippen molar-refractivity contribution in [1.29, 1.82) is 0 Å². The van der Waals surface area contributed by atoms with Crippen LogP contribution in [0.3, 0.4) is 0 Å². The highest BCUT2D eigenvalue weighted by Crippen LogP contribution is 2.25. The predicted molar refractivity (Wildman–Crippen MR) is 91.0 cm³/mol. The molecule has 0 fully saturated rings. The van der Waals surface area contributed by atoms with E-state index in [1.807, 2.05) is 0 Å². The molecule has 0 saturated heterocycles. The molecule has 0 saturated carbocycles. The number of hydrogen-bond donors (Lipinski definition) is 1. The second-order valence-electron chi connectivity index (χ2n) is 4.99. The van der Waals surface area contributed by atoms with Gasteiger partial charge in [0.1, 0.15) is 16.4 Å². The molecule has 2 aromatic heterocycles. The van der Waals surface area contributed by atoms with Crippen LogP contribution in [0.4, 0.5) is 11.7 Å². The van der Waals surface area contributed by atoms with Gasteiger partial charge in [-0.1, -0.05) is 13.8 Å². The van der Waals surface area contributed by atoms with Crippen LogP contribution in [0.2, 0.25) is 0 Å². The average Bonchev–Trinajstić information content (AvgIpc) is 3.05. The standard InChI is InChI=1S/C15H20N6O3/c1-4-20(5-2)9-8-16-19-14-10-12(17-11(3)18-14)13-6-7-15(24-13)21(22)23/h6-8,10H,4-5,9H2,1-3H3,(H,17,18,19). The van der Waals surface area contributed by atoms with Gasteiger partial charge in [-0.3, -0.25) is 20.4 Å². The summed E-state index contributed by atoms with van der Waals surface area (Å²) in [6.45, 7) is 8.56. The first-order valence-corrected chi connectivity index (χ1v) is 7.63. The van der Waals surface area contributed by atoms with Gasteiger partial charge in [-0.05, 0) is 26.1 Å². The van der Waals surface area contributed by atoms with E-state index >= 15 is 0 Å². The Morgan fingerprint density at radius 3 is 2.75 bits per heavy atom.